The van der Waals surface area contributed by atoms with E-state index in [2.05, 4.69) is 5.32 Å². The Morgan fingerprint density at radius 3 is 2.20 bits per heavy atom. The number of nitrogens with zero attached hydrogens (tertiary/aromatic N) is 1. The second-order valence-corrected chi connectivity index (χ2v) is 9.20. The van der Waals surface area contributed by atoms with Crippen molar-refractivity contribution in [1.82, 2.24) is 5.32 Å². The lowest BCUT2D eigenvalue weighted by Crippen LogP contribution is -2.48. The molecule has 0 spiro atoms. The summed E-state index contributed by atoms with van der Waals surface area (Å²) >= 11 is 0. The minimum atomic E-state index is -3.69. The summed E-state index contributed by atoms with van der Waals surface area (Å²) in [5.41, 5.74) is 3.18. The predicted molar refractivity (Wildman–Crippen MR) is 119 cm³/mol. The summed E-state index contributed by atoms with van der Waals surface area (Å²) in [5.74, 6) is 0.814. The molecular formula is C22H30N2O5S. The molecule has 2 rings (SSSR count). The molecule has 0 fully saturated rings. The van der Waals surface area contributed by atoms with Crippen LogP contribution < -0.4 is 19.1 Å². The van der Waals surface area contributed by atoms with E-state index in [0.717, 1.165) is 27.3 Å². The van der Waals surface area contributed by atoms with Crippen molar-refractivity contribution in [2.75, 3.05) is 24.8 Å². The molecule has 164 valence electrons. The zero-order chi connectivity index (χ0) is 22.6. The molecule has 0 saturated heterocycles. The van der Waals surface area contributed by atoms with Gasteiger partial charge in [-0.05, 0) is 69.2 Å². The number of rotatable bonds is 8. The molecule has 0 unspecified atom stereocenters. The fourth-order valence-corrected chi connectivity index (χ4v) is 4.43. The van der Waals surface area contributed by atoms with Crippen molar-refractivity contribution < 1.29 is 22.7 Å². The Labute approximate surface area is 179 Å². The van der Waals surface area contributed by atoms with Gasteiger partial charge in [-0.1, -0.05) is 6.07 Å². The number of anilines is 1. The van der Waals surface area contributed by atoms with Gasteiger partial charge in [0.1, 0.15) is 17.5 Å². The van der Waals surface area contributed by atoms with Gasteiger partial charge >= 0.3 is 0 Å². The number of sulfonamides is 1. The van der Waals surface area contributed by atoms with E-state index in [1.165, 1.54) is 0 Å². The van der Waals surface area contributed by atoms with Gasteiger partial charge in [-0.3, -0.25) is 9.10 Å². The average molecular weight is 435 g/mol. The van der Waals surface area contributed by atoms with E-state index in [9.17, 15) is 13.2 Å². The summed E-state index contributed by atoms with van der Waals surface area (Å²) in [6, 6.07) is 9.27. The molecule has 0 radical (unpaired) electrons. The SMILES string of the molecule is COc1ccc(OC)c([C@H](C)NC(=O)[C@H](C)N(c2ccc(C)c(C)c2)S(C)(=O)=O)c1. The fourth-order valence-electron chi connectivity index (χ4n) is 3.26. The van der Waals surface area contributed by atoms with Gasteiger partial charge in [0.15, 0.2) is 0 Å². The van der Waals surface area contributed by atoms with Crippen LogP contribution in [0, 0.1) is 13.8 Å². The molecule has 8 heteroatoms. The van der Waals surface area contributed by atoms with Crippen LogP contribution in [0.3, 0.4) is 0 Å². The first-order valence-corrected chi connectivity index (χ1v) is 11.4. The maximum absolute atomic E-state index is 13.0. The molecule has 7 nitrogen and oxygen atoms in total. The second kappa shape index (κ2) is 9.38. The van der Waals surface area contributed by atoms with Gasteiger partial charge < -0.3 is 14.8 Å². The van der Waals surface area contributed by atoms with Gasteiger partial charge in [0, 0.05) is 5.56 Å². The molecule has 2 aromatic carbocycles. The van der Waals surface area contributed by atoms with Crippen LogP contribution in [0.5, 0.6) is 11.5 Å². The van der Waals surface area contributed by atoms with Crippen LogP contribution in [0.4, 0.5) is 5.69 Å². The number of carbonyl (C=O) groups is 1. The quantitative estimate of drug-likeness (QED) is 0.689. The number of amides is 1. The molecular weight excluding hydrogens is 404 g/mol. The number of nitrogens with one attached hydrogen (secondary N) is 1. The molecule has 1 N–H and O–H groups in total. The van der Waals surface area contributed by atoms with Crippen molar-refractivity contribution in [3.05, 3.63) is 53.1 Å². The largest absolute Gasteiger partial charge is 0.497 e. The van der Waals surface area contributed by atoms with Gasteiger partial charge in [0.05, 0.1) is 32.2 Å². The minimum Gasteiger partial charge on any atom is -0.497 e. The standard InChI is InChI=1S/C22H30N2O5S/c1-14-8-9-18(12-15(14)2)24(30(7,26)27)17(4)22(25)23-16(3)20-13-19(28-5)10-11-21(20)29-6/h8-13,16-17H,1-7H3,(H,23,25)/t16-,17-/m0/s1. The van der Waals surface area contributed by atoms with Gasteiger partial charge in [-0.15, -0.1) is 0 Å². The lowest BCUT2D eigenvalue weighted by Gasteiger charge is -2.30. The molecule has 0 aliphatic carbocycles. The van der Waals surface area contributed by atoms with E-state index < -0.39 is 28.0 Å². The summed E-state index contributed by atoms with van der Waals surface area (Å²) in [5, 5.41) is 2.89. The Kier molecular flexibility index (Phi) is 7.36. The fraction of sp³-hybridized carbons (Fsp3) is 0.409. The highest BCUT2D eigenvalue weighted by Gasteiger charge is 2.30. The molecule has 0 bridgehead atoms. The number of aryl methyl sites for hydroxylation is 2. The Morgan fingerprint density at radius 1 is 1.00 bits per heavy atom. The van der Waals surface area contributed by atoms with E-state index in [1.807, 2.05) is 26.8 Å². The first-order chi connectivity index (χ1) is 14.0. The van der Waals surface area contributed by atoms with E-state index in [0.29, 0.717) is 17.2 Å². The zero-order valence-electron chi connectivity index (χ0n) is 18.5. The van der Waals surface area contributed by atoms with Crippen LogP contribution in [-0.2, 0) is 14.8 Å². The Bertz CT molecular complexity index is 1020. The molecule has 30 heavy (non-hydrogen) atoms. The molecule has 0 aliphatic rings. The molecule has 0 saturated carbocycles. The average Bonchev–Trinajstić information content (AvgIpc) is 2.68. The lowest BCUT2D eigenvalue weighted by atomic mass is 10.1. The summed E-state index contributed by atoms with van der Waals surface area (Å²) in [6.07, 6.45) is 1.10. The number of ether oxygens (including phenoxy) is 2. The molecule has 0 aromatic heterocycles. The Balaban J connectivity index is 2.33. The van der Waals surface area contributed by atoms with Gasteiger partial charge in [-0.25, -0.2) is 8.42 Å². The highest BCUT2D eigenvalue weighted by Crippen LogP contribution is 2.30. The second-order valence-electron chi connectivity index (χ2n) is 7.34. The van der Waals surface area contributed by atoms with Crippen molar-refractivity contribution in [3.8, 4) is 11.5 Å². The maximum Gasteiger partial charge on any atom is 0.244 e. The predicted octanol–water partition coefficient (Wildman–Crippen LogP) is 3.35. The van der Waals surface area contributed by atoms with E-state index in [4.69, 9.17) is 9.47 Å². The molecule has 1 amide bonds. The zero-order valence-corrected chi connectivity index (χ0v) is 19.3. The highest BCUT2D eigenvalue weighted by atomic mass is 32.2. The Hall–Kier alpha value is -2.74. The van der Waals surface area contributed by atoms with Crippen LogP contribution >= 0.6 is 0 Å². The lowest BCUT2D eigenvalue weighted by molar-refractivity contribution is -0.122. The number of carbonyl (C=O) groups excluding carboxylic acids is 1. The van der Waals surface area contributed by atoms with E-state index in [1.54, 1.807) is 51.5 Å². The van der Waals surface area contributed by atoms with E-state index in [-0.39, 0.29) is 0 Å². The van der Waals surface area contributed by atoms with Crippen LogP contribution in [0.1, 0.15) is 36.6 Å². The van der Waals surface area contributed by atoms with Crippen molar-refractivity contribution in [2.45, 2.75) is 39.8 Å². The molecule has 0 aliphatic heterocycles. The highest BCUT2D eigenvalue weighted by molar-refractivity contribution is 7.92. The van der Waals surface area contributed by atoms with Gasteiger partial charge in [-0.2, -0.15) is 0 Å². The molecule has 2 aromatic rings. The van der Waals surface area contributed by atoms with Gasteiger partial charge in [0.2, 0.25) is 15.9 Å². The molecule has 2 atom stereocenters. The first-order valence-electron chi connectivity index (χ1n) is 9.58. The molecule has 0 heterocycles. The van der Waals surface area contributed by atoms with Crippen molar-refractivity contribution in [3.63, 3.8) is 0 Å². The van der Waals surface area contributed by atoms with Gasteiger partial charge in [0.25, 0.3) is 0 Å². The normalized spacial score (nSPS) is 13.3. The monoisotopic (exact) mass is 434 g/mol. The smallest absolute Gasteiger partial charge is 0.244 e. The third kappa shape index (κ3) is 5.24. The Morgan fingerprint density at radius 2 is 1.67 bits per heavy atom. The first kappa shape index (κ1) is 23.5. The minimum absolute atomic E-state index is 0.420. The third-order valence-corrected chi connectivity index (χ3v) is 6.34. The number of hydrogen-bond donors (Lipinski definition) is 1. The van der Waals surface area contributed by atoms with Crippen LogP contribution in [0.15, 0.2) is 36.4 Å². The van der Waals surface area contributed by atoms with E-state index >= 15 is 0 Å². The summed E-state index contributed by atoms with van der Waals surface area (Å²) < 4.78 is 36.8. The van der Waals surface area contributed by atoms with Crippen LogP contribution in [0.25, 0.3) is 0 Å². The third-order valence-electron chi connectivity index (χ3n) is 5.10. The van der Waals surface area contributed by atoms with Crippen molar-refractivity contribution in [2.24, 2.45) is 0 Å². The summed E-state index contributed by atoms with van der Waals surface area (Å²) in [6.45, 7) is 7.23. The summed E-state index contributed by atoms with van der Waals surface area (Å²) in [4.78, 5) is 13.0. The number of benzene rings is 2. The topological polar surface area (TPSA) is 84.9 Å². The van der Waals surface area contributed by atoms with Crippen molar-refractivity contribution >= 4 is 21.6 Å². The van der Waals surface area contributed by atoms with Crippen molar-refractivity contribution in [1.29, 1.82) is 0 Å². The number of methoxy groups -OCH3 is 2. The maximum atomic E-state index is 13.0. The number of hydrogen-bond acceptors (Lipinski definition) is 5. The van der Waals surface area contributed by atoms with Crippen LogP contribution in [0.2, 0.25) is 0 Å². The van der Waals surface area contributed by atoms with Crippen LogP contribution in [-0.4, -0.2) is 40.8 Å². The summed E-state index contributed by atoms with van der Waals surface area (Å²) in [7, 11) is -0.579.